The molecule has 202 valence electrons. The summed E-state index contributed by atoms with van der Waals surface area (Å²) in [7, 11) is -1.56. The number of rotatable bonds is 7. The predicted molar refractivity (Wildman–Crippen MR) is 150 cm³/mol. The van der Waals surface area contributed by atoms with E-state index in [-0.39, 0.29) is 11.7 Å². The molecule has 1 saturated heterocycles. The van der Waals surface area contributed by atoms with Gasteiger partial charge in [-0.3, -0.25) is 14.4 Å². The number of likely N-dealkylation sites (N-methyl/N-ethyl adjacent to an activating group) is 1. The lowest BCUT2D eigenvalue weighted by Gasteiger charge is -2.35. The number of benzene rings is 2. The fraction of sp³-hybridized carbons (Fsp3) is 0.464. The summed E-state index contributed by atoms with van der Waals surface area (Å²) in [6.07, 6.45) is 4.71. The molecule has 10 heteroatoms. The highest BCUT2D eigenvalue weighted by Crippen LogP contribution is 2.54. The number of aliphatic hydroxyl groups excluding tert-OH is 1. The molecule has 1 aromatic heterocycles. The molecule has 9 nitrogen and oxygen atoms in total. The Bertz CT molecular complexity index is 1480. The molecule has 2 aromatic carbocycles. The zero-order valence-electron chi connectivity index (χ0n) is 21.7. The summed E-state index contributed by atoms with van der Waals surface area (Å²) in [6, 6.07) is 13.2. The molecule has 0 bridgehead atoms. The Kier molecular flexibility index (Phi) is 6.36. The number of anilines is 3. The highest BCUT2D eigenvalue weighted by molar-refractivity contribution is 7.92. The quantitative estimate of drug-likeness (QED) is 0.426. The van der Waals surface area contributed by atoms with Gasteiger partial charge < -0.3 is 19.9 Å². The monoisotopic (exact) mass is 537 g/mol. The lowest BCUT2D eigenvalue weighted by Crippen LogP contribution is -2.35. The van der Waals surface area contributed by atoms with Gasteiger partial charge in [0.15, 0.2) is 0 Å². The molecule has 1 saturated carbocycles. The molecule has 3 aromatic rings. The molecule has 1 spiro atoms. The van der Waals surface area contributed by atoms with E-state index in [0.29, 0.717) is 16.7 Å². The number of hydrogen-bond donors (Lipinski definition) is 3. The highest BCUT2D eigenvalue weighted by Gasteiger charge is 2.44. The number of hydrogen-bond acceptors (Lipinski definition) is 6. The van der Waals surface area contributed by atoms with Gasteiger partial charge in [0.1, 0.15) is 0 Å². The molecule has 1 amide bonds. The van der Waals surface area contributed by atoms with E-state index in [1.54, 1.807) is 18.2 Å². The second-order valence-electron chi connectivity index (χ2n) is 11.1. The lowest BCUT2D eigenvalue weighted by molar-refractivity contribution is 0.102. The molecule has 3 heterocycles. The molecular formula is C28H35N5O4S. The van der Waals surface area contributed by atoms with Crippen LogP contribution in [-0.4, -0.2) is 67.9 Å². The Morgan fingerprint density at radius 3 is 2.55 bits per heavy atom. The van der Waals surface area contributed by atoms with E-state index in [0.717, 1.165) is 67.8 Å². The van der Waals surface area contributed by atoms with Crippen molar-refractivity contribution in [3.63, 3.8) is 0 Å². The molecular weight excluding hydrogens is 502 g/mol. The standard InChI is InChI=1S/C28H35N5O4S/c1-31-13-14-33-21(19-31)18-23-24(3-2-4-25(23)33)29-27(35)22-6-5-20(30-38(36,37)16-15-34)17-26(22)32-11-9-28(7-8-28)10-12-32/h2-6,17-18,30,34H,7-16,19H2,1H3,(H,29,35). The van der Waals surface area contributed by atoms with Gasteiger partial charge in [0.25, 0.3) is 5.91 Å². The number of carbonyl (C=O) groups excluding carboxylic acids is 1. The maximum absolute atomic E-state index is 13.7. The Morgan fingerprint density at radius 2 is 1.82 bits per heavy atom. The van der Waals surface area contributed by atoms with Gasteiger partial charge in [0.05, 0.1) is 40.5 Å². The summed E-state index contributed by atoms with van der Waals surface area (Å²) < 4.78 is 29.5. The summed E-state index contributed by atoms with van der Waals surface area (Å²) in [5.41, 5.74) is 5.23. The average Bonchev–Trinajstić information content (AvgIpc) is 3.53. The zero-order chi connectivity index (χ0) is 26.5. The first-order valence-electron chi connectivity index (χ1n) is 13.4. The third-order valence-corrected chi connectivity index (χ3v) is 9.68. The van der Waals surface area contributed by atoms with E-state index in [1.165, 1.54) is 18.5 Å². The van der Waals surface area contributed by atoms with Crippen molar-refractivity contribution in [3.8, 4) is 0 Å². The number of nitrogens with zero attached hydrogens (tertiary/aromatic N) is 3. The molecule has 0 radical (unpaired) electrons. The molecule has 38 heavy (non-hydrogen) atoms. The van der Waals surface area contributed by atoms with E-state index in [1.807, 2.05) is 12.1 Å². The summed E-state index contributed by atoms with van der Waals surface area (Å²) in [6.45, 7) is 3.99. The van der Waals surface area contributed by atoms with Gasteiger partial charge in [-0.25, -0.2) is 8.42 Å². The van der Waals surface area contributed by atoms with E-state index in [2.05, 4.69) is 43.6 Å². The fourth-order valence-corrected chi connectivity index (χ4v) is 6.79. The number of nitrogens with one attached hydrogen (secondary N) is 2. The van der Waals surface area contributed by atoms with E-state index in [4.69, 9.17) is 5.11 Å². The molecule has 3 aliphatic rings. The van der Waals surface area contributed by atoms with Crippen LogP contribution in [0.3, 0.4) is 0 Å². The zero-order valence-corrected chi connectivity index (χ0v) is 22.6. The first-order valence-corrected chi connectivity index (χ1v) is 15.0. The normalized spacial score (nSPS) is 18.9. The van der Waals surface area contributed by atoms with Crippen molar-refractivity contribution in [3.05, 3.63) is 53.7 Å². The predicted octanol–water partition coefficient (Wildman–Crippen LogP) is 3.45. The molecule has 1 aliphatic carbocycles. The third kappa shape index (κ3) is 4.88. The van der Waals surface area contributed by atoms with Gasteiger partial charge >= 0.3 is 0 Å². The maximum atomic E-state index is 13.7. The first-order chi connectivity index (χ1) is 18.3. The van der Waals surface area contributed by atoms with Crippen LogP contribution in [-0.2, 0) is 23.1 Å². The molecule has 3 N–H and O–H groups in total. The number of aliphatic hydroxyl groups is 1. The number of piperidine rings is 1. The van der Waals surface area contributed by atoms with Crippen LogP contribution in [0.5, 0.6) is 0 Å². The minimum absolute atomic E-state index is 0.217. The number of aromatic nitrogens is 1. The number of sulfonamides is 1. The SMILES string of the molecule is CN1CCn2c(cc3c(NC(=O)c4ccc(NS(=O)(=O)CCO)cc4N4CCC5(CC4)CC5)cccc32)C1. The van der Waals surface area contributed by atoms with E-state index >= 15 is 0 Å². The van der Waals surface area contributed by atoms with E-state index < -0.39 is 16.6 Å². The Labute approximate surface area is 223 Å². The van der Waals surface area contributed by atoms with Crippen LogP contribution < -0.4 is 14.9 Å². The second-order valence-corrected chi connectivity index (χ2v) is 12.9. The minimum atomic E-state index is -3.68. The highest BCUT2D eigenvalue weighted by atomic mass is 32.2. The number of carbonyl (C=O) groups is 1. The van der Waals surface area contributed by atoms with Crippen molar-refractivity contribution < 1.29 is 18.3 Å². The van der Waals surface area contributed by atoms with Gasteiger partial charge in [-0.15, -0.1) is 0 Å². The van der Waals surface area contributed by atoms with Crippen LogP contribution in [0.25, 0.3) is 10.9 Å². The van der Waals surface area contributed by atoms with Gasteiger partial charge in [0, 0.05) is 43.8 Å². The smallest absolute Gasteiger partial charge is 0.257 e. The van der Waals surface area contributed by atoms with Gasteiger partial charge in [0.2, 0.25) is 10.0 Å². The molecule has 2 fully saturated rings. The van der Waals surface area contributed by atoms with Crippen molar-refractivity contribution in [1.82, 2.24) is 9.47 Å². The molecule has 6 rings (SSSR count). The number of fused-ring (bicyclic) bond motifs is 3. The van der Waals surface area contributed by atoms with Crippen LogP contribution in [0.1, 0.15) is 41.7 Å². The summed E-state index contributed by atoms with van der Waals surface area (Å²) in [5.74, 6) is -0.594. The van der Waals surface area contributed by atoms with Gasteiger partial charge in [-0.1, -0.05) is 6.07 Å². The van der Waals surface area contributed by atoms with Crippen LogP contribution in [0, 0.1) is 5.41 Å². The maximum Gasteiger partial charge on any atom is 0.257 e. The van der Waals surface area contributed by atoms with Crippen LogP contribution in [0.15, 0.2) is 42.5 Å². The second kappa shape index (κ2) is 9.59. The van der Waals surface area contributed by atoms with Crippen molar-refractivity contribution >= 4 is 43.9 Å². The van der Waals surface area contributed by atoms with Crippen molar-refractivity contribution in [1.29, 1.82) is 0 Å². The minimum Gasteiger partial charge on any atom is -0.395 e. The summed E-state index contributed by atoms with van der Waals surface area (Å²) >= 11 is 0. The fourth-order valence-electron chi connectivity index (χ4n) is 5.96. The molecule has 2 aliphatic heterocycles. The molecule has 0 unspecified atom stereocenters. The van der Waals surface area contributed by atoms with Crippen LogP contribution in [0.2, 0.25) is 0 Å². The average molecular weight is 538 g/mol. The lowest BCUT2D eigenvalue weighted by atomic mass is 9.93. The van der Waals surface area contributed by atoms with Crippen molar-refractivity contribution in [2.75, 3.05) is 54.0 Å². The Balaban J connectivity index is 1.32. The Morgan fingerprint density at radius 1 is 1.03 bits per heavy atom. The van der Waals surface area contributed by atoms with Gasteiger partial charge in [-0.2, -0.15) is 0 Å². The molecule has 0 atom stereocenters. The number of amides is 1. The van der Waals surface area contributed by atoms with Gasteiger partial charge in [-0.05, 0) is 74.5 Å². The van der Waals surface area contributed by atoms with Crippen molar-refractivity contribution in [2.45, 2.75) is 38.8 Å². The first kappa shape index (κ1) is 25.2. The Hall–Kier alpha value is -3.08. The van der Waals surface area contributed by atoms with Crippen molar-refractivity contribution in [2.24, 2.45) is 5.41 Å². The van der Waals surface area contributed by atoms with Crippen LogP contribution in [0.4, 0.5) is 17.1 Å². The summed E-state index contributed by atoms with van der Waals surface area (Å²) in [4.78, 5) is 18.2. The van der Waals surface area contributed by atoms with E-state index in [9.17, 15) is 13.2 Å². The van der Waals surface area contributed by atoms with Crippen LogP contribution >= 0.6 is 0 Å². The largest absolute Gasteiger partial charge is 0.395 e. The summed E-state index contributed by atoms with van der Waals surface area (Å²) in [5, 5.41) is 13.3. The topological polar surface area (TPSA) is 107 Å². The third-order valence-electron chi connectivity index (χ3n) is 8.41.